The molecule has 1 aromatic heterocycles. The molecule has 0 aliphatic carbocycles. The van der Waals surface area contributed by atoms with Crippen molar-refractivity contribution in [2.24, 2.45) is 0 Å². The first kappa shape index (κ1) is 11.8. The molecular formula is C8H8N4O6. The first-order valence-electron chi connectivity index (χ1n) is 4.90. The lowest BCUT2D eigenvalue weighted by Crippen LogP contribution is -2.34. The van der Waals surface area contributed by atoms with E-state index in [1.165, 1.54) is 0 Å². The highest BCUT2D eigenvalue weighted by Gasteiger charge is 2.24. The predicted molar refractivity (Wildman–Crippen MR) is 56.2 cm³/mol. The van der Waals surface area contributed by atoms with Crippen molar-refractivity contribution >= 4 is 11.8 Å². The van der Waals surface area contributed by atoms with E-state index in [0.717, 1.165) is 10.8 Å². The van der Waals surface area contributed by atoms with Gasteiger partial charge in [-0.25, -0.2) is 9.59 Å². The van der Waals surface area contributed by atoms with Gasteiger partial charge in [-0.15, -0.1) is 0 Å². The van der Waals surface area contributed by atoms with Gasteiger partial charge in [0.15, 0.2) is 0 Å². The Labute approximate surface area is 98.3 Å². The van der Waals surface area contributed by atoms with Gasteiger partial charge in [-0.3, -0.25) is 24.5 Å². The minimum atomic E-state index is -1.07. The Balaban J connectivity index is 2.30. The minimum Gasteiger partial charge on any atom is -0.442 e. The lowest BCUT2D eigenvalue weighted by molar-refractivity contribution is -0.386. The van der Waals surface area contributed by atoms with Gasteiger partial charge in [0.05, 0.1) is 24.2 Å². The summed E-state index contributed by atoms with van der Waals surface area (Å²) >= 11 is 0. The van der Waals surface area contributed by atoms with Gasteiger partial charge >= 0.3 is 23.0 Å². The van der Waals surface area contributed by atoms with Crippen molar-refractivity contribution < 1.29 is 14.5 Å². The van der Waals surface area contributed by atoms with Crippen LogP contribution in [-0.2, 0) is 11.3 Å². The summed E-state index contributed by atoms with van der Waals surface area (Å²) < 4.78 is 5.70. The van der Waals surface area contributed by atoms with E-state index in [1.54, 1.807) is 0 Å². The molecule has 1 fully saturated rings. The molecule has 2 rings (SSSR count). The fourth-order valence-corrected chi connectivity index (χ4v) is 1.52. The van der Waals surface area contributed by atoms with Crippen molar-refractivity contribution in [3.05, 3.63) is 37.1 Å². The van der Waals surface area contributed by atoms with Gasteiger partial charge in [0, 0.05) is 0 Å². The number of aromatic amines is 1. The topological polar surface area (TPSA) is 136 Å². The van der Waals surface area contributed by atoms with Gasteiger partial charge < -0.3 is 10.1 Å². The standard InChI is InChI=1S/C8H8N4O6/c13-6-5(12(16)17)3-11(7(14)10-6)2-4-1-9-8(15)18-4/h3-4H,1-2H2,(H,9,15)(H,10,13,14). The normalized spacial score (nSPS) is 18.2. The zero-order valence-electron chi connectivity index (χ0n) is 8.91. The summed E-state index contributed by atoms with van der Waals surface area (Å²) in [5.74, 6) is 0. The average molecular weight is 256 g/mol. The smallest absolute Gasteiger partial charge is 0.407 e. The average Bonchev–Trinajstić information content (AvgIpc) is 2.67. The second-order valence-corrected chi connectivity index (χ2v) is 3.59. The number of H-pyrrole nitrogens is 1. The van der Waals surface area contributed by atoms with Crippen LogP contribution in [0.1, 0.15) is 0 Å². The number of nitro groups is 1. The lowest BCUT2D eigenvalue weighted by Gasteiger charge is -2.09. The number of hydrogen-bond acceptors (Lipinski definition) is 6. The molecule has 2 heterocycles. The van der Waals surface area contributed by atoms with E-state index in [-0.39, 0.29) is 13.1 Å². The zero-order chi connectivity index (χ0) is 13.3. The largest absolute Gasteiger partial charge is 0.442 e. The van der Waals surface area contributed by atoms with Gasteiger partial charge in [0.1, 0.15) is 6.10 Å². The highest BCUT2D eigenvalue weighted by molar-refractivity contribution is 5.69. The van der Waals surface area contributed by atoms with Gasteiger partial charge in [0.25, 0.3) is 0 Å². The molecule has 0 saturated carbocycles. The quantitative estimate of drug-likeness (QED) is 0.501. The summed E-state index contributed by atoms with van der Waals surface area (Å²) in [6.45, 7) is 0.118. The molecule has 2 N–H and O–H groups in total. The molecule has 1 aromatic rings. The van der Waals surface area contributed by atoms with E-state index in [4.69, 9.17) is 4.74 Å². The summed E-state index contributed by atoms with van der Waals surface area (Å²) in [4.78, 5) is 44.8. The molecule has 18 heavy (non-hydrogen) atoms. The maximum absolute atomic E-state index is 11.4. The predicted octanol–water partition coefficient (Wildman–Crippen LogP) is -1.45. The third kappa shape index (κ3) is 2.21. The Hall–Kier alpha value is -2.65. The van der Waals surface area contributed by atoms with Gasteiger partial charge in [-0.05, 0) is 0 Å². The molecule has 1 saturated heterocycles. The molecule has 0 bridgehead atoms. The zero-order valence-corrected chi connectivity index (χ0v) is 8.91. The fraction of sp³-hybridized carbons (Fsp3) is 0.375. The number of alkyl carbamates (subject to hydrolysis) is 1. The first-order chi connectivity index (χ1) is 8.47. The van der Waals surface area contributed by atoms with Gasteiger partial charge in [-0.1, -0.05) is 0 Å². The Morgan fingerprint density at radius 3 is 2.78 bits per heavy atom. The molecule has 10 heteroatoms. The maximum atomic E-state index is 11.4. The minimum absolute atomic E-state index is 0.0742. The fourth-order valence-electron chi connectivity index (χ4n) is 1.52. The maximum Gasteiger partial charge on any atom is 0.407 e. The van der Waals surface area contributed by atoms with E-state index in [9.17, 15) is 24.5 Å². The molecule has 1 aliphatic rings. The van der Waals surface area contributed by atoms with Crippen molar-refractivity contribution in [3.8, 4) is 0 Å². The Morgan fingerprint density at radius 2 is 2.22 bits per heavy atom. The summed E-state index contributed by atoms with van der Waals surface area (Å²) in [6.07, 6.45) is -0.402. The summed E-state index contributed by atoms with van der Waals surface area (Å²) in [6, 6.07) is 0. The summed E-state index contributed by atoms with van der Waals surface area (Å²) in [5.41, 5.74) is -2.61. The molecule has 0 radical (unpaired) electrons. The number of rotatable bonds is 3. The second-order valence-electron chi connectivity index (χ2n) is 3.59. The second kappa shape index (κ2) is 4.31. The van der Waals surface area contributed by atoms with Crippen LogP contribution in [0.25, 0.3) is 0 Å². The van der Waals surface area contributed by atoms with Crippen LogP contribution >= 0.6 is 0 Å². The summed E-state index contributed by atoms with van der Waals surface area (Å²) in [5, 5.41) is 12.9. The number of nitrogens with one attached hydrogen (secondary N) is 2. The van der Waals surface area contributed by atoms with Crippen LogP contribution < -0.4 is 16.6 Å². The summed E-state index contributed by atoms with van der Waals surface area (Å²) in [7, 11) is 0. The van der Waals surface area contributed by atoms with Crippen LogP contribution in [0, 0.1) is 10.1 Å². The van der Waals surface area contributed by atoms with Gasteiger partial charge in [0.2, 0.25) is 0 Å². The molecular weight excluding hydrogens is 248 g/mol. The SMILES string of the molecule is O=C1NCC(Cn2cc([N+](=O)[O-])c(=O)[nH]c2=O)O1. The molecule has 96 valence electrons. The monoisotopic (exact) mass is 256 g/mol. The van der Waals surface area contributed by atoms with Crippen molar-refractivity contribution in [1.29, 1.82) is 0 Å². The lowest BCUT2D eigenvalue weighted by atomic mass is 10.3. The number of hydrogen-bond donors (Lipinski definition) is 2. The van der Waals surface area contributed by atoms with E-state index in [1.807, 2.05) is 4.98 Å². The molecule has 10 nitrogen and oxygen atoms in total. The van der Waals surface area contributed by atoms with Crippen LogP contribution in [0.3, 0.4) is 0 Å². The Kier molecular flexibility index (Phi) is 2.83. The van der Waals surface area contributed by atoms with E-state index in [0.29, 0.717) is 0 Å². The number of ether oxygens (including phenoxy) is 1. The van der Waals surface area contributed by atoms with Crippen LogP contribution in [0.2, 0.25) is 0 Å². The number of cyclic esters (lactones) is 1. The number of nitrogens with zero attached hydrogens (tertiary/aromatic N) is 2. The third-order valence-electron chi connectivity index (χ3n) is 2.34. The molecule has 1 unspecified atom stereocenters. The van der Waals surface area contributed by atoms with Crippen molar-refractivity contribution in [3.63, 3.8) is 0 Å². The Morgan fingerprint density at radius 1 is 1.50 bits per heavy atom. The molecule has 1 amide bonds. The highest BCUT2D eigenvalue weighted by atomic mass is 16.6. The van der Waals surface area contributed by atoms with E-state index < -0.39 is 34.1 Å². The molecule has 1 aliphatic heterocycles. The van der Waals surface area contributed by atoms with Crippen molar-refractivity contribution in [2.45, 2.75) is 12.6 Å². The third-order valence-corrected chi connectivity index (χ3v) is 2.34. The number of amides is 1. The number of carbonyl (C=O) groups is 1. The van der Waals surface area contributed by atoms with E-state index in [2.05, 4.69) is 5.32 Å². The highest BCUT2D eigenvalue weighted by Crippen LogP contribution is 2.04. The van der Waals surface area contributed by atoms with Crippen molar-refractivity contribution in [1.82, 2.24) is 14.9 Å². The van der Waals surface area contributed by atoms with Gasteiger partial charge in [-0.2, -0.15) is 0 Å². The van der Waals surface area contributed by atoms with Crippen LogP contribution in [0.5, 0.6) is 0 Å². The van der Waals surface area contributed by atoms with Crippen LogP contribution in [0.4, 0.5) is 10.5 Å². The van der Waals surface area contributed by atoms with E-state index >= 15 is 0 Å². The molecule has 0 spiro atoms. The Bertz CT molecular complexity index is 617. The number of aromatic nitrogens is 2. The first-order valence-corrected chi connectivity index (χ1v) is 4.90. The number of carbonyl (C=O) groups excluding carboxylic acids is 1. The van der Waals surface area contributed by atoms with Crippen molar-refractivity contribution in [2.75, 3.05) is 6.54 Å². The van der Waals surface area contributed by atoms with Crippen LogP contribution in [0.15, 0.2) is 15.8 Å². The van der Waals surface area contributed by atoms with Crippen LogP contribution in [-0.4, -0.2) is 33.2 Å². The molecule has 1 atom stereocenters. The molecule has 0 aromatic carbocycles.